The summed E-state index contributed by atoms with van der Waals surface area (Å²) in [4.78, 5) is 0. The number of fused-ring (bicyclic) bond motifs is 3. The van der Waals surface area contributed by atoms with Crippen LogP contribution in [0.2, 0.25) is 0 Å². The Morgan fingerprint density at radius 1 is 0.882 bits per heavy atom. The topological polar surface area (TPSA) is 76.9 Å². The van der Waals surface area contributed by atoms with Gasteiger partial charge in [0.1, 0.15) is 11.6 Å². The fourth-order valence-corrected chi connectivity index (χ4v) is 5.02. The lowest BCUT2D eigenvalue weighted by Gasteiger charge is -2.27. The minimum atomic E-state index is -0.399. The summed E-state index contributed by atoms with van der Waals surface area (Å²) < 4.78 is 7.87. The summed E-state index contributed by atoms with van der Waals surface area (Å²) in [6.45, 7) is 4.01. The Morgan fingerprint density at radius 3 is 2.12 bits per heavy atom. The summed E-state index contributed by atoms with van der Waals surface area (Å²) in [5.41, 5.74) is 11.6. The van der Waals surface area contributed by atoms with Gasteiger partial charge < -0.3 is 10.5 Å². The van der Waals surface area contributed by atoms with E-state index in [-0.39, 0.29) is 5.88 Å². The first-order chi connectivity index (χ1) is 16.6. The highest BCUT2D eigenvalue weighted by molar-refractivity contribution is 6.03. The molecule has 4 aromatic carbocycles. The molecule has 1 aromatic heterocycles. The average Bonchev–Trinajstić information content (AvgIpc) is 3.18. The zero-order valence-electron chi connectivity index (χ0n) is 18.9. The Bertz CT molecular complexity index is 1620. The smallest absolute Gasteiger partial charge is 0.229 e. The van der Waals surface area contributed by atoms with Crippen molar-refractivity contribution >= 4 is 21.5 Å². The Kier molecular flexibility index (Phi) is 4.43. The first-order valence-electron chi connectivity index (χ1n) is 11.2. The number of allylic oxidation sites excluding steroid dienone is 1. The monoisotopic (exact) mass is 442 g/mol. The molecule has 164 valence electrons. The molecule has 0 amide bonds. The van der Waals surface area contributed by atoms with E-state index in [9.17, 15) is 5.26 Å². The van der Waals surface area contributed by atoms with E-state index in [0.29, 0.717) is 11.5 Å². The molecule has 0 aliphatic carbocycles. The molecule has 0 saturated carbocycles. The van der Waals surface area contributed by atoms with Gasteiger partial charge in [-0.25, -0.2) is 4.68 Å². The van der Waals surface area contributed by atoms with E-state index in [2.05, 4.69) is 36.4 Å². The van der Waals surface area contributed by atoms with Gasteiger partial charge in [0.05, 0.1) is 22.9 Å². The van der Waals surface area contributed by atoms with E-state index in [1.54, 1.807) is 4.68 Å². The maximum atomic E-state index is 10.2. The van der Waals surface area contributed by atoms with Crippen molar-refractivity contribution in [3.8, 4) is 17.6 Å². The van der Waals surface area contributed by atoms with Crippen LogP contribution in [0.3, 0.4) is 0 Å². The van der Waals surface area contributed by atoms with Gasteiger partial charge in [-0.1, -0.05) is 66.2 Å². The maximum Gasteiger partial charge on any atom is 0.229 e. The van der Waals surface area contributed by atoms with E-state index in [1.165, 1.54) is 0 Å². The molecule has 5 nitrogen and oxygen atoms in total. The highest BCUT2D eigenvalue weighted by Gasteiger charge is 2.37. The molecule has 34 heavy (non-hydrogen) atoms. The van der Waals surface area contributed by atoms with Crippen LogP contribution in [0.1, 0.15) is 28.3 Å². The summed E-state index contributed by atoms with van der Waals surface area (Å²) in [7, 11) is 0. The zero-order chi connectivity index (χ0) is 23.4. The molecule has 0 spiro atoms. The van der Waals surface area contributed by atoms with Crippen molar-refractivity contribution in [1.29, 1.82) is 5.26 Å². The summed E-state index contributed by atoms with van der Waals surface area (Å²) in [6.07, 6.45) is 0. The fourth-order valence-electron chi connectivity index (χ4n) is 5.02. The van der Waals surface area contributed by atoms with Crippen molar-refractivity contribution in [2.45, 2.75) is 19.8 Å². The van der Waals surface area contributed by atoms with Crippen LogP contribution in [-0.4, -0.2) is 9.78 Å². The van der Waals surface area contributed by atoms with Crippen molar-refractivity contribution in [2.24, 2.45) is 5.73 Å². The standard InChI is InChI=1S/C29H22N4O/c1-17-11-13-21(14-12-17)33-29-25(18(2)32-33)27(24(16-30)28(31)34-29)26-22-9-5-3-7-19(22)15-20-8-4-6-10-23(20)26/h3-15,27H,31H2,1-2H3/t27-/m0/s1. The van der Waals surface area contributed by atoms with Crippen molar-refractivity contribution < 1.29 is 4.74 Å². The van der Waals surface area contributed by atoms with Gasteiger partial charge in [0, 0.05) is 0 Å². The Labute approximate surface area is 197 Å². The van der Waals surface area contributed by atoms with Crippen LogP contribution in [0.5, 0.6) is 5.88 Å². The van der Waals surface area contributed by atoms with E-state index >= 15 is 0 Å². The highest BCUT2D eigenvalue weighted by atomic mass is 16.5. The van der Waals surface area contributed by atoms with E-state index in [4.69, 9.17) is 15.6 Å². The molecule has 1 atom stereocenters. The Hall–Kier alpha value is -4.56. The van der Waals surface area contributed by atoms with E-state index < -0.39 is 5.92 Å². The molecule has 1 aliphatic rings. The molecular formula is C29H22N4O. The van der Waals surface area contributed by atoms with Crippen molar-refractivity contribution in [2.75, 3.05) is 0 Å². The van der Waals surface area contributed by atoms with Crippen molar-refractivity contribution in [3.05, 3.63) is 113 Å². The number of benzene rings is 4. The second-order valence-corrected chi connectivity index (χ2v) is 8.71. The number of hydrogen-bond acceptors (Lipinski definition) is 4. The number of ether oxygens (including phenoxy) is 1. The minimum Gasteiger partial charge on any atom is -0.422 e. The molecule has 0 fully saturated rings. The number of rotatable bonds is 2. The molecule has 5 aromatic rings. The Balaban J connectivity index is 1.71. The Morgan fingerprint density at radius 2 is 1.50 bits per heavy atom. The second kappa shape index (κ2) is 7.50. The van der Waals surface area contributed by atoms with E-state index in [1.807, 2.05) is 62.4 Å². The summed E-state index contributed by atoms with van der Waals surface area (Å²) in [6, 6.07) is 29.2. The van der Waals surface area contributed by atoms with E-state index in [0.717, 1.165) is 49.6 Å². The fraction of sp³-hybridized carbons (Fsp3) is 0.103. The maximum absolute atomic E-state index is 10.2. The molecule has 0 radical (unpaired) electrons. The molecule has 0 unspecified atom stereocenters. The molecule has 2 N–H and O–H groups in total. The van der Waals surface area contributed by atoms with Crippen LogP contribution in [-0.2, 0) is 0 Å². The molecule has 5 heteroatoms. The van der Waals surface area contributed by atoms with Gasteiger partial charge in [-0.3, -0.25) is 0 Å². The lowest BCUT2D eigenvalue weighted by atomic mass is 9.79. The zero-order valence-corrected chi connectivity index (χ0v) is 18.9. The van der Waals surface area contributed by atoms with Gasteiger partial charge in [-0.05, 0) is 59.2 Å². The van der Waals surface area contributed by atoms with Gasteiger partial charge >= 0.3 is 0 Å². The largest absolute Gasteiger partial charge is 0.422 e. The number of hydrogen-bond donors (Lipinski definition) is 1. The third kappa shape index (κ3) is 2.89. The number of nitrogens with two attached hydrogens (primary N) is 1. The number of aromatic nitrogens is 2. The molecule has 6 rings (SSSR count). The molecule has 2 heterocycles. The predicted molar refractivity (Wildman–Crippen MR) is 134 cm³/mol. The summed E-state index contributed by atoms with van der Waals surface area (Å²) >= 11 is 0. The van der Waals surface area contributed by atoms with Crippen molar-refractivity contribution in [3.63, 3.8) is 0 Å². The van der Waals surface area contributed by atoms with Crippen LogP contribution in [0.15, 0.2) is 90.3 Å². The quantitative estimate of drug-likeness (QED) is 0.340. The van der Waals surface area contributed by atoms with Crippen molar-refractivity contribution in [1.82, 2.24) is 9.78 Å². The first-order valence-corrected chi connectivity index (χ1v) is 11.2. The molecular weight excluding hydrogens is 420 g/mol. The average molecular weight is 443 g/mol. The highest BCUT2D eigenvalue weighted by Crippen LogP contribution is 2.48. The van der Waals surface area contributed by atoms with Crippen LogP contribution in [0, 0.1) is 25.2 Å². The third-order valence-electron chi connectivity index (χ3n) is 6.61. The third-order valence-corrected chi connectivity index (χ3v) is 6.61. The van der Waals surface area contributed by atoms with Gasteiger partial charge in [0.15, 0.2) is 0 Å². The van der Waals surface area contributed by atoms with Gasteiger partial charge in [0.25, 0.3) is 0 Å². The summed E-state index contributed by atoms with van der Waals surface area (Å²) in [5, 5.41) is 19.4. The van der Waals surface area contributed by atoms with Gasteiger partial charge in [-0.15, -0.1) is 0 Å². The number of nitrogens with zero attached hydrogens (tertiary/aromatic N) is 3. The lowest BCUT2D eigenvalue weighted by Crippen LogP contribution is -2.22. The molecule has 1 aliphatic heterocycles. The predicted octanol–water partition coefficient (Wildman–Crippen LogP) is 6.01. The normalized spacial score (nSPS) is 15.3. The lowest BCUT2D eigenvalue weighted by molar-refractivity contribution is 0.367. The second-order valence-electron chi connectivity index (χ2n) is 8.71. The van der Waals surface area contributed by atoms with Gasteiger partial charge in [0.2, 0.25) is 11.8 Å². The van der Waals surface area contributed by atoms with Crippen LogP contribution in [0.4, 0.5) is 0 Å². The number of nitriles is 1. The molecule has 0 bridgehead atoms. The van der Waals surface area contributed by atoms with Gasteiger partial charge in [-0.2, -0.15) is 10.4 Å². The SMILES string of the molecule is Cc1ccc(-n2nc(C)c3c2OC(N)=C(C#N)[C@@H]3c2c3ccccc3cc3ccccc23)cc1. The minimum absolute atomic E-state index is 0.116. The molecule has 0 saturated heterocycles. The first kappa shape index (κ1) is 20.1. The van der Waals surface area contributed by atoms with Crippen LogP contribution in [0.25, 0.3) is 27.2 Å². The van der Waals surface area contributed by atoms with Crippen LogP contribution >= 0.6 is 0 Å². The summed E-state index contributed by atoms with van der Waals surface area (Å²) in [5.74, 6) is 0.272. The number of aryl methyl sites for hydroxylation is 2. The van der Waals surface area contributed by atoms with Crippen LogP contribution < -0.4 is 10.5 Å².